The number of anilines is 1. The standard InChI is InChI=1S/C12H14N4O4/c1-4-19-12(18)9-6-8(14-16(9)3)11(17)13-10-5-7(2)20-15-10/h5-6H,4H2,1-3H3,(H,13,15,17). The van der Waals surface area contributed by atoms with E-state index in [-0.39, 0.29) is 23.8 Å². The number of carbonyl (C=O) groups excluding carboxylic acids is 2. The molecule has 0 spiro atoms. The number of esters is 1. The van der Waals surface area contributed by atoms with Crippen molar-refractivity contribution in [3.63, 3.8) is 0 Å². The zero-order valence-corrected chi connectivity index (χ0v) is 11.3. The van der Waals surface area contributed by atoms with E-state index in [0.717, 1.165) is 0 Å². The van der Waals surface area contributed by atoms with E-state index >= 15 is 0 Å². The van der Waals surface area contributed by atoms with Gasteiger partial charge in [0.2, 0.25) is 0 Å². The van der Waals surface area contributed by atoms with Gasteiger partial charge < -0.3 is 14.6 Å². The molecule has 1 amide bonds. The molecule has 0 aliphatic carbocycles. The molecule has 0 saturated carbocycles. The van der Waals surface area contributed by atoms with Gasteiger partial charge in [0.25, 0.3) is 5.91 Å². The van der Waals surface area contributed by atoms with Gasteiger partial charge in [0.05, 0.1) is 6.61 Å². The molecule has 0 radical (unpaired) electrons. The molecule has 2 rings (SSSR count). The van der Waals surface area contributed by atoms with E-state index in [1.165, 1.54) is 10.7 Å². The lowest BCUT2D eigenvalue weighted by molar-refractivity contribution is 0.0513. The molecule has 0 aliphatic heterocycles. The number of nitrogens with zero attached hydrogens (tertiary/aromatic N) is 3. The predicted molar refractivity (Wildman–Crippen MR) is 68.4 cm³/mol. The number of hydrogen-bond donors (Lipinski definition) is 1. The minimum absolute atomic E-state index is 0.0937. The molecule has 0 aromatic carbocycles. The van der Waals surface area contributed by atoms with Gasteiger partial charge in [0, 0.05) is 19.2 Å². The van der Waals surface area contributed by atoms with Crippen LogP contribution in [0.5, 0.6) is 0 Å². The third kappa shape index (κ3) is 2.85. The molecule has 0 aliphatic rings. The summed E-state index contributed by atoms with van der Waals surface area (Å²) in [5, 5.41) is 10.1. The number of nitrogens with one attached hydrogen (secondary N) is 1. The lowest BCUT2D eigenvalue weighted by Gasteiger charge is -1.99. The Morgan fingerprint density at radius 2 is 2.20 bits per heavy atom. The zero-order chi connectivity index (χ0) is 14.7. The Labute approximate surface area is 114 Å². The SMILES string of the molecule is CCOC(=O)c1cc(C(=O)Nc2cc(C)on2)nn1C. The monoisotopic (exact) mass is 278 g/mol. The second-order valence-corrected chi connectivity index (χ2v) is 4.04. The summed E-state index contributed by atoms with van der Waals surface area (Å²) in [4.78, 5) is 23.6. The van der Waals surface area contributed by atoms with Crippen molar-refractivity contribution in [3.05, 3.63) is 29.3 Å². The molecule has 0 unspecified atom stereocenters. The molecule has 0 saturated heterocycles. The Balaban J connectivity index is 2.15. The summed E-state index contributed by atoms with van der Waals surface area (Å²) >= 11 is 0. The lowest BCUT2D eigenvalue weighted by atomic mass is 10.3. The van der Waals surface area contributed by atoms with Crippen molar-refractivity contribution in [1.29, 1.82) is 0 Å². The molecule has 2 heterocycles. The summed E-state index contributed by atoms with van der Waals surface area (Å²) in [6.07, 6.45) is 0. The molecule has 2 aromatic rings. The Morgan fingerprint density at radius 1 is 1.45 bits per heavy atom. The van der Waals surface area contributed by atoms with Gasteiger partial charge in [-0.25, -0.2) is 4.79 Å². The van der Waals surface area contributed by atoms with Gasteiger partial charge in [-0.15, -0.1) is 0 Å². The van der Waals surface area contributed by atoms with Crippen LogP contribution in [0, 0.1) is 6.92 Å². The van der Waals surface area contributed by atoms with Gasteiger partial charge in [0.1, 0.15) is 11.5 Å². The first kappa shape index (κ1) is 13.8. The molecule has 8 nitrogen and oxygen atoms in total. The molecule has 1 N–H and O–H groups in total. The second kappa shape index (κ2) is 5.55. The fourth-order valence-corrected chi connectivity index (χ4v) is 1.58. The van der Waals surface area contributed by atoms with E-state index in [4.69, 9.17) is 9.26 Å². The summed E-state index contributed by atoms with van der Waals surface area (Å²) in [7, 11) is 1.56. The van der Waals surface area contributed by atoms with Crippen molar-refractivity contribution < 1.29 is 18.8 Å². The molecule has 106 valence electrons. The smallest absolute Gasteiger partial charge is 0.356 e. The van der Waals surface area contributed by atoms with Crippen molar-refractivity contribution in [1.82, 2.24) is 14.9 Å². The number of amides is 1. The lowest BCUT2D eigenvalue weighted by Crippen LogP contribution is -2.13. The van der Waals surface area contributed by atoms with Crippen LogP contribution in [0.1, 0.15) is 33.7 Å². The van der Waals surface area contributed by atoms with E-state index in [1.54, 1.807) is 27.0 Å². The quantitative estimate of drug-likeness (QED) is 0.842. The summed E-state index contributed by atoms with van der Waals surface area (Å²) in [6, 6.07) is 2.94. The van der Waals surface area contributed by atoms with E-state index in [2.05, 4.69) is 15.6 Å². The van der Waals surface area contributed by atoms with Crippen LogP contribution in [0.15, 0.2) is 16.7 Å². The number of aromatic nitrogens is 3. The van der Waals surface area contributed by atoms with Crippen LogP contribution in [0.25, 0.3) is 0 Å². The highest BCUT2D eigenvalue weighted by Crippen LogP contribution is 2.10. The molecule has 0 atom stereocenters. The van der Waals surface area contributed by atoms with Crippen LogP contribution in [0.4, 0.5) is 5.82 Å². The summed E-state index contributed by atoms with van der Waals surface area (Å²) in [5.74, 6) is -0.146. The molecule has 0 fully saturated rings. The van der Waals surface area contributed by atoms with Crippen molar-refractivity contribution in [3.8, 4) is 0 Å². The highest BCUT2D eigenvalue weighted by molar-refractivity contribution is 6.03. The maximum Gasteiger partial charge on any atom is 0.356 e. The third-order valence-corrected chi connectivity index (χ3v) is 2.47. The fourth-order valence-electron chi connectivity index (χ4n) is 1.58. The minimum Gasteiger partial charge on any atom is -0.461 e. The maximum absolute atomic E-state index is 11.9. The number of hydrogen-bond acceptors (Lipinski definition) is 6. The Kier molecular flexibility index (Phi) is 3.83. The van der Waals surface area contributed by atoms with E-state index in [9.17, 15) is 9.59 Å². The van der Waals surface area contributed by atoms with Gasteiger partial charge >= 0.3 is 5.97 Å². The van der Waals surface area contributed by atoms with Crippen LogP contribution >= 0.6 is 0 Å². The van der Waals surface area contributed by atoms with Crippen molar-refractivity contribution in [2.75, 3.05) is 11.9 Å². The summed E-state index contributed by atoms with van der Waals surface area (Å²) in [5.41, 5.74) is 0.296. The largest absolute Gasteiger partial charge is 0.461 e. The molecule has 0 bridgehead atoms. The predicted octanol–water partition coefficient (Wildman–Crippen LogP) is 1.15. The van der Waals surface area contributed by atoms with Gasteiger partial charge in [-0.05, 0) is 13.8 Å². The van der Waals surface area contributed by atoms with Gasteiger partial charge in [-0.3, -0.25) is 9.48 Å². The van der Waals surface area contributed by atoms with Crippen LogP contribution in [0.2, 0.25) is 0 Å². The van der Waals surface area contributed by atoms with Crippen molar-refractivity contribution in [2.24, 2.45) is 7.05 Å². The van der Waals surface area contributed by atoms with E-state index < -0.39 is 11.9 Å². The Bertz CT molecular complexity index is 644. The number of carbonyl (C=O) groups is 2. The number of ether oxygens (including phenoxy) is 1. The molecular formula is C12H14N4O4. The summed E-state index contributed by atoms with van der Waals surface area (Å²) in [6.45, 7) is 3.67. The van der Waals surface area contributed by atoms with Crippen LogP contribution in [-0.4, -0.2) is 33.4 Å². The van der Waals surface area contributed by atoms with E-state index in [0.29, 0.717) is 5.76 Å². The third-order valence-electron chi connectivity index (χ3n) is 2.47. The first-order valence-electron chi connectivity index (χ1n) is 5.97. The van der Waals surface area contributed by atoms with Crippen molar-refractivity contribution >= 4 is 17.7 Å². The second-order valence-electron chi connectivity index (χ2n) is 4.04. The van der Waals surface area contributed by atoms with Gasteiger partial charge in [0.15, 0.2) is 11.5 Å². The number of rotatable bonds is 4. The fraction of sp³-hybridized carbons (Fsp3) is 0.333. The Morgan fingerprint density at radius 3 is 2.80 bits per heavy atom. The van der Waals surface area contributed by atoms with Crippen LogP contribution in [0.3, 0.4) is 0 Å². The maximum atomic E-state index is 11.9. The average Bonchev–Trinajstić information content (AvgIpc) is 2.96. The zero-order valence-electron chi connectivity index (χ0n) is 11.3. The van der Waals surface area contributed by atoms with Crippen LogP contribution < -0.4 is 5.32 Å². The Hall–Kier alpha value is -2.64. The summed E-state index contributed by atoms with van der Waals surface area (Å²) < 4.78 is 11.0. The highest BCUT2D eigenvalue weighted by atomic mass is 16.5. The first-order chi connectivity index (χ1) is 9.51. The van der Waals surface area contributed by atoms with Gasteiger partial charge in [-0.1, -0.05) is 5.16 Å². The van der Waals surface area contributed by atoms with Crippen LogP contribution in [-0.2, 0) is 11.8 Å². The average molecular weight is 278 g/mol. The number of aryl methyl sites for hydroxylation is 2. The minimum atomic E-state index is -0.529. The molecule has 2 aromatic heterocycles. The molecule has 20 heavy (non-hydrogen) atoms. The molecular weight excluding hydrogens is 264 g/mol. The highest BCUT2D eigenvalue weighted by Gasteiger charge is 2.19. The van der Waals surface area contributed by atoms with Gasteiger partial charge in [-0.2, -0.15) is 5.10 Å². The van der Waals surface area contributed by atoms with Crippen molar-refractivity contribution in [2.45, 2.75) is 13.8 Å². The topological polar surface area (TPSA) is 99.2 Å². The molecule has 8 heteroatoms. The van der Waals surface area contributed by atoms with E-state index in [1.807, 2.05) is 0 Å². The normalized spacial score (nSPS) is 10.3. The first-order valence-corrected chi connectivity index (χ1v) is 5.97.